The van der Waals surface area contributed by atoms with E-state index in [1.54, 1.807) is 0 Å². The van der Waals surface area contributed by atoms with Crippen molar-refractivity contribution < 1.29 is 14.0 Å². The highest BCUT2D eigenvalue weighted by molar-refractivity contribution is 4.93. The van der Waals surface area contributed by atoms with Crippen molar-refractivity contribution >= 4 is 0 Å². The molecular weight excluding hydrogens is 550 g/mol. The number of likely N-dealkylation sites (tertiary alicyclic amines) is 1. The van der Waals surface area contributed by atoms with Gasteiger partial charge in [0, 0.05) is 13.2 Å². The standard InChI is InChI=1S/C42H78NO2/c1-5-7-9-11-13-15-17-19-21-23-25-27-29-31-33-35-37-44-41-39-43(3,4)40-42(41)45-38-36-34-32-30-28-26-24-22-20-18-16-14-12-10-8-6-2/h13-16,19-22,41-42H,5-12,17-18,23-40H2,1-4H3/q+1/t41-,42+. The molecule has 2 atom stereocenters. The number of hydrogen-bond acceptors (Lipinski definition) is 2. The van der Waals surface area contributed by atoms with Crippen molar-refractivity contribution in [2.24, 2.45) is 0 Å². The fourth-order valence-electron chi connectivity index (χ4n) is 6.25. The molecule has 0 aliphatic carbocycles. The van der Waals surface area contributed by atoms with Crippen molar-refractivity contribution in [2.45, 2.75) is 180 Å². The molecule has 0 saturated carbocycles. The molecule has 3 heteroatoms. The van der Waals surface area contributed by atoms with E-state index in [-0.39, 0.29) is 12.2 Å². The number of nitrogens with zero attached hydrogens (tertiary/aromatic N) is 1. The van der Waals surface area contributed by atoms with Gasteiger partial charge in [-0.1, -0.05) is 140 Å². The first-order valence-corrected chi connectivity index (χ1v) is 19.7. The molecule has 1 rings (SSSR count). The number of hydrogen-bond donors (Lipinski definition) is 0. The number of likely N-dealkylation sites (N-methyl/N-ethyl adjacent to an activating group) is 1. The van der Waals surface area contributed by atoms with Crippen LogP contribution < -0.4 is 0 Å². The van der Waals surface area contributed by atoms with Crippen LogP contribution in [-0.4, -0.2) is 57.1 Å². The summed E-state index contributed by atoms with van der Waals surface area (Å²) in [5.41, 5.74) is 0. The molecule has 0 radical (unpaired) electrons. The molecule has 1 saturated heterocycles. The Morgan fingerprint density at radius 3 is 1.09 bits per heavy atom. The summed E-state index contributed by atoms with van der Waals surface area (Å²) in [5, 5.41) is 0. The average Bonchev–Trinajstić information content (AvgIpc) is 3.32. The quantitative estimate of drug-likeness (QED) is 0.0419. The normalized spacial score (nSPS) is 18.6. The van der Waals surface area contributed by atoms with Crippen LogP contribution in [0.2, 0.25) is 0 Å². The molecule has 0 aromatic heterocycles. The van der Waals surface area contributed by atoms with Crippen molar-refractivity contribution in [1.29, 1.82) is 0 Å². The van der Waals surface area contributed by atoms with Gasteiger partial charge < -0.3 is 14.0 Å². The van der Waals surface area contributed by atoms with Crippen molar-refractivity contribution in [2.75, 3.05) is 40.4 Å². The summed E-state index contributed by atoms with van der Waals surface area (Å²) in [6.45, 7) is 8.48. The highest BCUT2D eigenvalue weighted by Gasteiger charge is 2.41. The van der Waals surface area contributed by atoms with E-state index in [4.69, 9.17) is 9.47 Å². The van der Waals surface area contributed by atoms with Gasteiger partial charge >= 0.3 is 0 Å². The summed E-state index contributed by atoms with van der Waals surface area (Å²) in [4.78, 5) is 0. The lowest BCUT2D eigenvalue weighted by Gasteiger charge is -2.22. The molecule has 262 valence electrons. The molecule has 1 fully saturated rings. The molecule has 0 aromatic rings. The Balaban J connectivity index is 1.96. The van der Waals surface area contributed by atoms with Crippen LogP contribution in [0.25, 0.3) is 0 Å². The van der Waals surface area contributed by atoms with Gasteiger partial charge in [0.25, 0.3) is 0 Å². The molecule has 0 aromatic carbocycles. The highest BCUT2D eigenvalue weighted by atomic mass is 16.5. The van der Waals surface area contributed by atoms with Gasteiger partial charge in [-0.25, -0.2) is 0 Å². The van der Waals surface area contributed by atoms with Gasteiger partial charge in [-0.2, -0.15) is 0 Å². The van der Waals surface area contributed by atoms with Crippen molar-refractivity contribution in [1.82, 2.24) is 0 Å². The van der Waals surface area contributed by atoms with Crippen molar-refractivity contribution in [3.05, 3.63) is 48.6 Å². The third-order valence-electron chi connectivity index (χ3n) is 9.12. The number of unbranched alkanes of at least 4 members (excludes halogenated alkanes) is 18. The van der Waals surface area contributed by atoms with Gasteiger partial charge in [0.1, 0.15) is 25.3 Å². The van der Waals surface area contributed by atoms with Gasteiger partial charge in [0.2, 0.25) is 0 Å². The summed E-state index contributed by atoms with van der Waals surface area (Å²) in [5.74, 6) is 0. The molecule has 3 nitrogen and oxygen atoms in total. The van der Waals surface area contributed by atoms with Crippen LogP contribution in [0.15, 0.2) is 48.6 Å². The van der Waals surface area contributed by atoms with E-state index in [9.17, 15) is 0 Å². The number of rotatable bonds is 32. The maximum atomic E-state index is 6.39. The van der Waals surface area contributed by atoms with Gasteiger partial charge in [0.05, 0.1) is 14.1 Å². The third kappa shape index (κ3) is 27.6. The predicted octanol–water partition coefficient (Wildman–Crippen LogP) is 12.5. The molecular formula is C42H78NO2+. The number of quaternary nitrogens is 1. The predicted molar refractivity (Wildman–Crippen MR) is 200 cm³/mol. The second kappa shape index (κ2) is 31.4. The molecule has 0 spiro atoms. The Bertz CT molecular complexity index is 677. The van der Waals surface area contributed by atoms with Crippen LogP contribution in [0.1, 0.15) is 168 Å². The van der Waals surface area contributed by atoms with Gasteiger partial charge in [-0.05, 0) is 77.0 Å². The fraction of sp³-hybridized carbons (Fsp3) is 0.810. The summed E-state index contributed by atoms with van der Waals surface area (Å²) in [6.07, 6.45) is 50.3. The van der Waals surface area contributed by atoms with Crippen LogP contribution in [0, 0.1) is 0 Å². The van der Waals surface area contributed by atoms with E-state index in [0.29, 0.717) is 0 Å². The Kier molecular flexibility index (Phi) is 29.2. The minimum Gasteiger partial charge on any atom is -0.369 e. The lowest BCUT2D eigenvalue weighted by Crippen LogP contribution is -2.38. The summed E-state index contributed by atoms with van der Waals surface area (Å²) >= 11 is 0. The zero-order chi connectivity index (χ0) is 32.5. The van der Waals surface area contributed by atoms with Crippen molar-refractivity contribution in [3.63, 3.8) is 0 Å². The Hall–Kier alpha value is -1.16. The van der Waals surface area contributed by atoms with Crippen LogP contribution in [0.5, 0.6) is 0 Å². The van der Waals surface area contributed by atoms with Crippen molar-refractivity contribution in [3.8, 4) is 0 Å². The van der Waals surface area contributed by atoms with E-state index >= 15 is 0 Å². The lowest BCUT2D eigenvalue weighted by molar-refractivity contribution is -0.880. The average molecular weight is 629 g/mol. The molecule has 1 aliphatic rings. The smallest absolute Gasteiger partial charge is 0.138 e. The minimum absolute atomic E-state index is 0.266. The summed E-state index contributed by atoms with van der Waals surface area (Å²) in [7, 11) is 4.64. The second-order valence-corrected chi connectivity index (χ2v) is 14.3. The highest BCUT2D eigenvalue weighted by Crippen LogP contribution is 2.22. The van der Waals surface area contributed by atoms with Crippen LogP contribution >= 0.6 is 0 Å². The first-order valence-electron chi connectivity index (χ1n) is 19.7. The maximum absolute atomic E-state index is 6.39. The molecule has 1 aliphatic heterocycles. The zero-order valence-corrected chi connectivity index (χ0v) is 30.8. The lowest BCUT2D eigenvalue weighted by atomic mass is 10.1. The largest absolute Gasteiger partial charge is 0.369 e. The number of allylic oxidation sites excluding steroid dienone is 8. The molecule has 0 unspecified atom stereocenters. The van der Waals surface area contributed by atoms with E-state index in [2.05, 4.69) is 76.6 Å². The first kappa shape index (κ1) is 41.9. The SMILES string of the molecule is CCCCCC=CCC=CCCCCCCCCO[C@H]1C[N+](C)(C)C[C@H]1OCCCCCCCCC=CCC=CCCCCC. The summed E-state index contributed by atoms with van der Waals surface area (Å²) < 4.78 is 13.8. The summed E-state index contributed by atoms with van der Waals surface area (Å²) in [6, 6.07) is 0. The van der Waals surface area contributed by atoms with Gasteiger partial charge in [-0.15, -0.1) is 0 Å². The van der Waals surface area contributed by atoms with Crippen LogP contribution in [0.4, 0.5) is 0 Å². The Morgan fingerprint density at radius 2 is 0.733 bits per heavy atom. The molecule has 0 bridgehead atoms. The van der Waals surface area contributed by atoms with E-state index < -0.39 is 0 Å². The Morgan fingerprint density at radius 1 is 0.422 bits per heavy atom. The van der Waals surface area contributed by atoms with Gasteiger partial charge in [-0.3, -0.25) is 0 Å². The molecule has 0 N–H and O–H groups in total. The first-order chi connectivity index (χ1) is 22.1. The van der Waals surface area contributed by atoms with E-state index in [0.717, 1.165) is 43.6 Å². The minimum atomic E-state index is 0.266. The molecule has 1 heterocycles. The monoisotopic (exact) mass is 629 g/mol. The van der Waals surface area contributed by atoms with E-state index in [1.807, 2.05) is 0 Å². The fourth-order valence-corrected chi connectivity index (χ4v) is 6.25. The maximum Gasteiger partial charge on any atom is 0.138 e. The number of ether oxygens (including phenoxy) is 2. The molecule has 45 heavy (non-hydrogen) atoms. The molecule has 0 amide bonds. The zero-order valence-electron chi connectivity index (χ0n) is 30.8. The van der Waals surface area contributed by atoms with E-state index in [1.165, 1.54) is 141 Å². The van der Waals surface area contributed by atoms with Crippen LogP contribution in [-0.2, 0) is 9.47 Å². The second-order valence-electron chi connectivity index (χ2n) is 14.3. The van der Waals surface area contributed by atoms with Crippen LogP contribution in [0.3, 0.4) is 0 Å². The topological polar surface area (TPSA) is 18.5 Å². The van der Waals surface area contributed by atoms with Gasteiger partial charge in [0.15, 0.2) is 0 Å². The third-order valence-corrected chi connectivity index (χ3v) is 9.12. The Labute approximate surface area is 282 Å².